The largest absolute Gasteiger partial charge is 0.327 e. The molecule has 3 saturated heterocycles. The Morgan fingerprint density at radius 2 is 1.71 bits per heavy atom. The number of imide groups is 1. The molecule has 3 amide bonds. The van der Waals surface area contributed by atoms with Crippen LogP contribution >= 0.6 is 12.4 Å². The summed E-state index contributed by atoms with van der Waals surface area (Å²) in [5.41, 5.74) is 0.403. The minimum Gasteiger partial charge on any atom is -0.316 e. The summed E-state index contributed by atoms with van der Waals surface area (Å²) in [5.74, 6) is 0.962. The lowest BCUT2D eigenvalue weighted by Crippen LogP contribution is -2.60. The van der Waals surface area contributed by atoms with Crippen molar-refractivity contribution < 1.29 is 14.4 Å². The van der Waals surface area contributed by atoms with E-state index in [0.29, 0.717) is 51.2 Å². The number of nitrogens with one attached hydrogen (secondary N) is 1. The zero-order valence-electron chi connectivity index (χ0n) is 24.0. The fraction of sp³-hybridized carbons (Fsp3) is 0.700. The SMILES string of the molecule is CCN1C(=O)N(CC(C)C)C2(CCN(C(C(=O)CC(C)(C)C)[C@@H]3CNC[C@@H]3c3ccccc3)CC2)C1=O.Cl. The monoisotopic (exact) mass is 546 g/mol. The van der Waals surface area contributed by atoms with Crippen LogP contribution in [-0.4, -0.2) is 83.3 Å². The molecule has 1 unspecified atom stereocenters. The molecule has 0 radical (unpaired) electrons. The molecule has 8 heteroatoms. The summed E-state index contributed by atoms with van der Waals surface area (Å²) in [4.78, 5) is 46.3. The number of carbonyl (C=O) groups excluding carboxylic acids is 3. The van der Waals surface area contributed by atoms with Crippen LogP contribution in [0.2, 0.25) is 0 Å². The highest BCUT2D eigenvalue weighted by Gasteiger charge is 2.58. The van der Waals surface area contributed by atoms with E-state index in [-0.39, 0.29) is 53.6 Å². The molecule has 0 saturated carbocycles. The van der Waals surface area contributed by atoms with Gasteiger partial charge in [-0.3, -0.25) is 19.4 Å². The number of piperidine rings is 1. The van der Waals surface area contributed by atoms with Crippen LogP contribution < -0.4 is 5.32 Å². The van der Waals surface area contributed by atoms with Crippen LogP contribution in [0.1, 0.15) is 72.3 Å². The van der Waals surface area contributed by atoms with Crippen molar-refractivity contribution in [3.05, 3.63) is 35.9 Å². The van der Waals surface area contributed by atoms with Gasteiger partial charge in [0.25, 0.3) is 5.91 Å². The van der Waals surface area contributed by atoms with Crippen LogP contribution in [0.5, 0.6) is 0 Å². The van der Waals surface area contributed by atoms with Gasteiger partial charge in [0.15, 0.2) is 5.78 Å². The first-order valence-electron chi connectivity index (χ1n) is 14.1. The molecule has 212 valence electrons. The van der Waals surface area contributed by atoms with Gasteiger partial charge in [0, 0.05) is 57.5 Å². The van der Waals surface area contributed by atoms with E-state index in [2.05, 4.69) is 69.1 Å². The van der Waals surface area contributed by atoms with Crippen molar-refractivity contribution in [1.82, 2.24) is 20.0 Å². The lowest BCUT2D eigenvalue weighted by molar-refractivity contribution is -0.137. The van der Waals surface area contributed by atoms with Crippen molar-refractivity contribution >= 4 is 30.1 Å². The molecule has 0 aromatic heterocycles. The van der Waals surface area contributed by atoms with Crippen molar-refractivity contribution in [3.8, 4) is 0 Å². The minimum atomic E-state index is -0.780. The number of amides is 3. The summed E-state index contributed by atoms with van der Waals surface area (Å²) in [6.07, 6.45) is 1.68. The number of hydrogen-bond acceptors (Lipinski definition) is 5. The molecule has 4 rings (SSSR count). The quantitative estimate of drug-likeness (QED) is 0.484. The normalized spacial score (nSPS) is 24.8. The molecule has 3 atom stereocenters. The third-order valence-corrected chi connectivity index (χ3v) is 8.43. The highest BCUT2D eigenvalue weighted by Crippen LogP contribution is 2.41. The fourth-order valence-electron chi connectivity index (χ4n) is 6.77. The highest BCUT2D eigenvalue weighted by atomic mass is 35.5. The number of hydrogen-bond donors (Lipinski definition) is 1. The van der Waals surface area contributed by atoms with E-state index in [1.807, 2.05) is 17.9 Å². The molecule has 7 nitrogen and oxygen atoms in total. The smallest absolute Gasteiger partial charge is 0.316 e. The van der Waals surface area contributed by atoms with E-state index in [1.165, 1.54) is 10.5 Å². The minimum absolute atomic E-state index is 0. The molecule has 3 fully saturated rings. The highest BCUT2D eigenvalue weighted by molar-refractivity contribution is 6.07. The van der Waals surface area contributed by atoms with Crippen molar-refractivity contribution in [1.29, 1.82) is 0 Å². The second kappa shape index (κ2) is 12.1. The predicted octanol–water partition coefficient (Wildman–Crippen LogP) is 4.56. The predicted molar refractivity (Wildman–Crippen MR) is 154 cm³/mol. The number of likely N-dealkylation sites (N-methyl/N-ethyl adjacent to an activating group) is 1. The molecule has 38 heavy (non-hydrogen) atoms. The van der Waals surface area contributed by atoms with Gasteiger partial charge in [-0.05, 0) is 36.7 Å². The number of benzene rings is 1. The molecule has 3 aliphatic heterocycles. The maximum Gasteiger partial charge on any atom is 0.327 e. The Morgan fingerprint density at radius 1 is 1.08 bits per heavy atom. The summed E-state index contributed by atoms with van der Waals surface area (Å²) in [5, 5.41) is 3.57. The zero-order valence-corrected chi connectivity index (χ0v) is 24.9. The summed E-state index contributed by atoms with van der Waals surface area (Å²) in [6.45, 7) is 16.4. The summed E-state index contributed by atoms with van der Waals surface area (Å²) in [7, 11) is 0. The second-order valence-corrected chi connectivity index (χ2v) is 12.9. The molecule has 3 heterocycles. The summed E-state index contributed by atoms with van der Waals surface area (Å²) in [6, 6.07) is 10.2. The number of ketones is 1. The van der Waals surface area contributed by atoms with E-state index in [9.17, 15) is 14.4 Å². The van der Waals surface area contributed by atoms with Crippen LogP contribution in [0.25, 0.3) is 0 Å². The van der Waals surface area contributed by atoms with Crippen LogP contribution in [-0.2, 0) is 9.59 Å². The van der Waals surface area contributed by atoms with Crippen LogP contribution in [0.4, 0.5) is 4.79 Å². The van der Waals surface area contributed by atoms with Gasteiger partial charge in [-0.15, -0.1) is 12.4 Å². The van der Waals surface area contributed by atoms with Crippen LogP contribution in [0.15, 0.2) is 30.3 Å². The summed E-state index contributed by atoms with van der Waals surface area (Å²) >= 11 is 0. The third kappa shape index (κ3) is 5.95. The average Bonchev–Trinajstić information content (AvgIpc) is 3.38. The molecule has 1 N–H and O–H groups in total. The van der Waals surface area contributed by atoms with E-state index in [0.717, 1.165) is 13.1 Å². The molecule has 1 aromatic carbocycles. The van der Waals surface area contributed by atoms with Gasteiger partial charge in [-0.25, -0.2) is 4.79 Å². The maximum atomic E-state index is 14.0. The fourth-order valence-corrected chi connectivity index (χ4v) is 6.77. The Kier molecular flexibility index (Phi) is 9.70. The van der Waals surface area contributed by atoms with E-state index < -0.39 is 5.54 Å². The Hall–Kier alpha value is -1.96. The van der Waals surface area contributed by atoms with Crippen LogP contribution in [0, 0.1) is 17.3 Å². The Labute approximate surface area is 235 Å². The zero-order chi connectivity index (χ0) is 27.0. The van der Waals surface area contributed by atoms with Crippen molar-refractivity contribution in [2.45, 2.75) is 78.3 Å². The molecular weight excluding hydrogens is 500 g/mol. The molecular formula is C30H47ClN4O3. The molecule has 1 aromatic rings. The van der Waals surface area contributed by atoms with Crippen molar-refractivity contribution in [2.24, 2.45) is 17.3 Å². The number of Topliss-reactive ketones (excluding diaryl/α,β-unsaturated/α-hetero) is 1. The topological polar surface area (TPSA) is 73.0 Å². The third-order valence-electron chi connectivity index (χ3n) is 8.43. The van der Waals surface area contributed by atoms with E-state index in [1.54, 1.807) is 0 Å². The molecule has 1 spiro atoms. The van der Waals surface area contributed by atoms with Gasteiger partial charge in [0.2, 0.25) is 0 Å². The van der Waals surface area contributed by atoms with Crippen molar-refractivity contribution in [2.75, 3.05) is 39.3 Å². The van der Waals surface area contributed by atoms with E-state index >= 15 is 0 Å². The lowest BCUT2D eigenvalue weighted by atomic mass is 9.76. The first kappa shape index (κ1) is 30.6. The number of urea groups is 1. The molecule has 0 aliphatic carbocycles. The molecule has 3 aliphatic rings. The maximum absolute atomic E-state index is 14.0. The summed E-state index contributed by atoms with van der Waals surface area (Å²) < 4.78 is 0. The number of rotatable bonds is 8. The first-order chi connectivity index (χ1) is 17.5. The van der Waals surface area contributed by atoms with Gasteiger partial charge >= 0.3 is 6.03 Å². The Balaban J connectivity index is 0.00000400. The second-order valence-electron chi connectivity index (χ2n) is 12.9. The Morgan fingerprint density at radius 3 is 2.26 bits per heavy atom. The number of halogens is 1. The standard InChI is InChI=1S/C30H46N4O3.ClH/c1-7-33-27(36)30(34(28(33)37)20-21(2)3)13-15-32(16-14-30)26(25(35)17-29(4,5)6)24-19-31-18-23(24)22-11-9-8-10-12-22;/h8-12,21,23-24,26,31H,7,13-20H2,1-6H3;1H/t23-,24-,26?;/m1./s1. The number of carbonyl (C=O) groups is 3. The first-order valence-corrected chi connectivity index (χ1v) is 14.1. The average molecular weight is 547 g/mol. The lowest BCUT2D eigenvalue weighted by Gasteiger charge is -2.46. The van der Waals surface area contributed by atoms with Gasteiger partial charge in [0.1, 0.15) is 5.54 Å². The van der Waals surface area contributed by atoms with Gasteiger partial charge in [-0.1, -0.05) is 65.0 Å². The number of nitrogens with zero attached hydrogens (tertiary/aromatic N) is 3. The molecule has 0 bridgehead atoms. The Bertz CT molecular complexity index is 985. The van der Waals surface area contributed by atoms with Crippen molar-refractivity contribution in [3.63, 3.8) is 0 Å². The van der Waals surface area contributed by atoms with Gasteiger partial charge < -0.3 is 10.2 Å². The van der Waals surface area contributed by atoms with Gasteiger partial charge in [0.05, 0.1) is 6.04 Å². The van der Waals surface area contributed by atoms with Crippen LogP contribution in [0.3, 0.4) is 0 Å². The number of likely N-dealkylation sites (tertiary alicyclic amines) is 1. The van der Waals surface area contributed by atoms with E-state index in [4.69, 9.17) is 0 Å². The van der Waals surface area contributed by atoms with Gasteiger partial charge in [-0.2, -0.15) is 0 Å².